The largest absolute Gasteiger partial charge is 0.467 e. The molecule has 29 heavy (non-hydrogen) atoms. The van der Waals surface area contributed by atoms with Crippen molar-refractivity contribution in [2.45, 2.75) is 20.8 Å². The van der Waals surface area contributed by atoms with Crippen LogP contribution < -0.4 is 10.1 Å². The molecule has 0 radical (unpaired) electrons. The Labute approximate surface area is 169 Å². The van der Waals surface area contributed by atoms with E-state index in [9.17, 15) is 4.79 Å². The third kappa shape index (κ3) is 3.96. The molecule has 0 fully saturated rings. The van der Waals surface area contributed by atoms with Crippen molar-refractivity contribution in [3.8, 4) is 11.6 Å². The van der Waals surface area contributed by atoms with Crippen molar-refractivity contribution in [1.82, 2.24) is 14.8 Å². The molecule has 4 rings (SSSR count). The van der Waals surface area contributed by atoms with Gasteiger partial charge in [0, 0.05) is 17.1 Å². The first-order valence-electron chi connectivity index (χ1n) is 9.43. The van der Waals surface area contributed by atoms with E-state index in [1.807, 2.05) is 81.4 Å². The zero-order chi connectivity index (χ0) is 20.4. The van der Waals surface area contributed by atoms with Crippen LogP contribution in [-0.2, 0) is 4.79 Å². The molecule has 0 saturated carbocycles. The number of para-hydroxylation sites is 1. The lowest BCUT2D eigenvalue weighted by Gasteiger charge is -2.09. The van der Waals surface area contributed by atoms with Crippen molar-refractivity contribution in [1.29, 1.82) is 0 Å². The van der Waals surface area contributed by atoms with E-state index in [0.717, 1.165) is 33.6 Å². The number of ether oxygens (including phenoxy) is 1. The lowest BCUT2D eigenvalue weighted by Crippen LogP contribution is -2.20. The van der Waals surface area contributed by atoms with Gasteiger partial charge in [0.25, 0.3) is 5.91 Å². The fourth-order valence-electron chi connectivity index (χ4n) is 3.27. The maximum Gasteiger partial charge on any atom is 0.262 e. The second-order valence-electron chi connectivity index (χ2n) is 7.01. The van der Waals surface area contributed by atoms with Crippen LogP contribution in [0.3, 0.4) is 0 Å². The highest BCUT2D eigenvalue weighted by molar-refractivity contribution is 5.92. The monoisotopic (exact) mass is 386 g/mol. The molecule has 6 heteroatoms. The Morgan fingerprint density at radius 3 is 2.48 bits per heavy atom. The number of amides is 1. The zero-order valence-corrected chi connectivity index (χ0v) is 16.6. The molecule has 0 aliphatic rings. The molecular formula is C23H22N4O2. The molecule has 1 amide bonds. The summed E-state index contributed by atoms with van der Waals surface area (Å²) in [5.41, 5.74) is 5.41. The van der Waals surface area contributed by atoms with Gasteiger partial charge in [-0.25, -0.2) is 4.68 Å². The quantitative estimate of drug-likeness (QED) is 0.553. The number of aromatic nitrogens is 3. The second-order valence-corrected chi connectivity index (χ2v) is 7.01. The first-order chi connectivity index (χ1) is 14.0. The van der Waals surface area contributed by atoms with Crippen molar-refractivity contribution in [2.24, 2.45) is 0 Å². The van der Waals surface area contributed by atoms with E-state index in [2.05, 4.69) is 15.4 Å². The van der Waals surface area contributed by atoms with Gasteiger partial charge in [0.05, 0.1) is 11.4 Å². The van der Waals surface area contributed by atoms with Crippen LogP contribution in [0.25, 0.3) is 16.7 Å². The van der Waals surface area contributed by atoms with Gasteiger partial charge >= 0.3 is 0 Å². The van der Waals surface area contributed by atoms with Gasteiger partial charge in [0.2, 0.25) is 5.88 Å². The van der Waals surface area contributed by atoms with Crippen LogP contribution in [-0.4, -0.2) is 27.3 Å². The number of carbonyl (C=O) groups excluding carboxylic acids is 1. The Balaban J connectivity index is 1.56. The fourth-order valence-corrected chi connectivity index (χ4v) is 3.27. The molecule has 0 aliphatic carbocycles. The normalized spacial score (nSPS) is 10.9. The van der Waals surface area contributed by atoms with Gasteiger partial charge in [-0.2, -0.15) is 10.1 Å². The minimum atomic E-state index is -0.235. The Bertz CT molecular complexity index is 1170. The number of hydrogen-bond donors (Lipinski definition) is 1. The van der Waals surface area contributed by atoms with E-state index in [1.54, 1.807) is 4.68 Å². The SMILES string of the molecule is Cc1ccc(NC(=O)COc2cc(C)c3c(C)nn(-c4ccccc4)c3n2)cc1. The van der Waals surface area contributed by atoms with Crippen molar-refractivity contribution in [2.75, 3.05) is 11.9 Å². The molecular weight excluding hydrogens is 364 g/mol. The number of anilines is 1. The fraction of sp³-hybridized carbons (Fsp3) is 0.174. The number of hydrogen-bond acceptors (Lipinski definition) is 4. The van der Waals surface area contributed by atoms with E-state index in [4.69, 9.17) is 4.74 Å². The lowest BCUT2D eigenvalue weighted by molar-refractivity contribution is -0.118. The van der Waals surface area contributed by atoms with Crippen LogP contribution >= 0.6 is 0 Å². The summed E-state index contributed by atoms with van der Waals surface area (Å²) in [4.78, 5) is 16.9. The minimum absolute atomic E-state index is 0.121. The maximum absolute atomic E-state index is 12.2. The molecule has 1 N–H and O–H groups in total. The lowest BCUT2D eigenvalue weighted by atomic mass is 10.2. The van der Waals surface area contributed by atoms with Gasteiger partial charge in [0.15, 0.2) is 12.3 Å². The van der Waals surface area contributed by atoms with Crippen LogP contribution in [0.2, 0.25) is 0 Å². The second kappa shape index (κ2) is 7.75. The van der Waals surface area contributed by atoms with Crippen LogP contribution in [0.1, 0.15) is 16.8 Å². The summed E-state index contributed by atoms with van der Waals surface area (Å²) in [6, 6.07) is 19.3. The molecule has 0 bridgehead atoms. The van der Waals surface area contributed by atoms with E-state index in [1.165, 1.54) is 0 Å². The molecule has 2 aromatic heterocycles. The van der Waals surface area contributed by atoms with Gasteiger partial charge in [-0.05, 0) is 50.6 Å². The highest BCUT2D eigenvalue weighted by Gasteiger charge is 2.15. The number of nitrogens with zero attached hydrogens (tertiary/aromatic N) is 3. The van der Waals surface area contributed by atoms with Crippen molar-refractivity contribution in [3.63, 3.8) is 0 Å². The maximum atomic E-state index is 12.2. The smallest absolute Gasteiger partial charge is 0.262 e. The minimum Gasteiger partial charge on any atom is -0.467 e. The van der Waals surface area contributed by atoms with E-state index in [-0.39, 0.29) is 12.5 Å². The zero-order valence-electron chi connectivity index (χ0n) is 16.6. The highest BCUT2D eigenvalue weighted by Crippen LogP contribution is 2.26. The first kappa shape index (κ1) is 18.7. The average molecular weight is 386 g/mol. The summed E-state index contributed by atoms with van der Waals surface area (Å²) in [6.07, 6.45) is 0. The Morgan fingerprint density at radius 1 is 1.03 bits per heavy atom. The van der Waals surface area contributed by atoms with Crippen LogP contribution in [0, 0.1) is 20.8 Å². The van der Waals surface area contributed by atoms with E-state index in [0.29, 0.717) is 11.5 Å². The van der Waals surface area contributed by atoms with Crippen molar-refractivity contribution < 1.29 is 9.53 Å². The Kier molecular flexibility index (Phi) is 4.99. The van der Waals surface area contributed by atoms with Gasteiger partial charge in [-0.15, -0.1) is 0 Å². The summed E-state index contributed by atoms with van der Waals surface area (Å²) in [6.45, 7) is 5.84. The van der Waals surface area contributed by atoms with E-state index < -0.39 is 0 Å². The summed E-state index contributed by atoms with van der Waals surface area (Å²) in [7, 11) is 0. The summed E-state index contributed by atoms with van der Waals surface area (Å²) >= 11 is 0. The molecule has 4 aromatic rings. The Hall–Kier alpha value is -3.67. The van der Waals surface area contributed by atoms with Crippen LogP contribution in [0.15, 0.2) is 60.7 Å². The first-order valence-corrected chi connectivity index (χ1v) is 9.43. The number of pyridine rings is 1. The van der Waals surface area contributed by atoms with Crippen molar-refractivity contribution in [3.05, 3.63) is 77.5 Å². The molecule has 0 atom stereocenters. The highest BCUT2D eigenvalue weighted by atomic mass is 16.5. The van der Waals surface area contributed by atoms with E-state index >= 15 is 0 Å². The molecule has 0 aliphatic heterocycles. The molecule has 146 valence electrons. The predicted molar refractivity (Wildman–Crippen MR) is 114 cm³/mol. The number of rotatable bonds is 5. The summed E-state index contributed by atoms with van der Waals surface area (Å²) in [5.74, 6) is 0.160. The van der Waals surface area contributed by atoms with Gasteiger partial charge in [0.1, 0.15) is 0 Å². The van der Waals surface area contributed by atoms with Gasteiger partial charge in [-0.3, -0.25) is 4.79 Å². The molecule has 0 saturated heterocycles. The molecule has 2 aromatic carbocycles. The van der Waals surface area contributed by atoms with Crippen LogP contribution in [0.5, 0.6) is 5.88 Å². The predicted octanol–water partition coefficient (Wildman–Crippen LogP) is 4.36. The molecule has 0 spiro atoms. The van der Waals surface area contributed by atoms with Crippen molar-refractivity contribution >= 4 is 22.6 Å². The average Bonchev–Trinajstić information content (AvgIpc) is 3.06. The molecule has 0 unspecified atom stereocenters. The molecule has 6 nitrogen and oxygen atoms in total. The topological polar surface area (TPSA) is 69.0 Å². The number of aryl methyl sites for hydroxylation is 3. The number of nitrogens with one attached hydrogen (secondary N) is 1. The number of fused-ring (bicyclic) bond motifs is 1. The summed E-state index contributed by atoms with van der Waals surface area (Å²) in [5, 5.41) is 8.45. The summed E-state index contributed by atoms with van der Waals surface area (Å²) < 4.78 is 7.49. The number of carbonyl (C=O) groups is 1. The molecule has 2 heterocycles. The third-order valence-corrected chi connectivity index (χ3v) is 4.67. The number of benzene rings is 2. The van der Waals surface area contributed by atoms with Gasteiger partial charge in [-0.1, -0.05) is 35.9 Å². The van der Waals surface area contributed by atoms with Gasteiger partial charge < -0.3 is 10.1 Å². The Morgan fingerprint density at radius 2 is 1.76 bits per heavy atom. The third-order valence-electron chi connectivity index (χ3n) is 4.67. The standard InChI is InChI=1S/C23H22N4O2/c1-15-9-11-18(12-10-15)24-20(28)14-29-21-13-16(2)22-17(3)26-27(23(22)25-21)19-7-5-4-6-8-19/h4-13H,14H2,1-3H3,(H,24,28). The van der Waals surface area contributed by atoms with Crippen LogP contribution in [0.4, 0.5) is 5.69 Å².